The Morgan fingerprint density at radius 3 is 2.65 bits per heavy atom. The van der Waals surface area contributed by atoms with E-state index in [1.165, 1.54) is 30.7 Å². The van der Waals surface area contributed by atoms with Gasteiger partial charge in [0.05, 0.1) is 26.4 Å². The predicted octanol–water partition coefficient (Wildman–Crippen LogP) is 4.68. The third kappa shape index (κ3) is 4.47. The van der Waals surface area contributed by atoms with Gasteiger partial charge in [-0.15, -0.1) is 0 Å². The maximum absolute atomic E-state index is 14.3. The molecule has 292 valence electrons. The van der Waals surface area contributed by atoms with Crippen LogP contribution in [0.15, 0.2) is 48.6 Å². The highest BCUT2D eigenvalue weighted by atomic mass is 16.6. The molecule has 3 saturated heterocycles. The van der Waals surface area contributed by atoms with E-state index in [4.69, 9.17) is 18.9 Å². The van der Waals surface area contributed by atoms with Crippen molar-refractivity contribution in [1.29, 1.82) is 0 Å². The van der Waals surface area contributed by atoms with E-state index in [-0.39, 0.29) is 23.7 Å². The van der Waals surface area contributed by atoms with Gasteiger partial charge in [-0.05, 0) is 61.9 Å². The van der Waals surface area contributed by atoms with Crippen LogP contribution in [0.1, 0.15) is 74.8 Å². The second kappa shape index (κ2) is 12.1. The van der Waals surface area contributed by atoms with E-state index in [9.17, 15) is 14.7 Å². The number of aliphatic hydroxyl groups is 1. The van der Waals surface area contributed by atoms with E-state index in [0.29, 0.717) is 12.3 Å². The van der Waals surface area contributed by atoms with Crippen molar-refractivity contribution in [2.75, 3.05) is 58.9 Å². The molecule has 3 aromatic rings. The summed E-state index contributed by atoms with van der Waals surface area (Å²) in [6.45, 7) is 10.2. The molecule has 7 aliphatic rings. The Balaban J connectivity index is 1.21. The molecule has 4 fully saturated rings. The smallest absolute Gasteiger partial charge is 0.344 e. The topological polar surface area (TPSA) is 120 Å². The monoisotopic (exact) mass is 750 g/mol. The number of para-hydroxylation sites is 1. The minimum atomic E-state index is -2.17. The number of ether oxygens (including phenoxy) is 4. The molecule has 0 radical (unpaired) electrons. The number of carbonyl (C=O) groups excluding carboxylic acids is 2. The number of epoxide rings is 1. The van der Waals surface area contributed by atoms with Crippen LogP contribution in [0.2, 0.25) is 0 Å². The number of rotatable bonds is 6. The molecule has 1 aliphatic carbocycles. The van der Waals surface area contributed by atoms with Gasteiger partial charge in [0.15, 0.2) is 6.10 Å². The maximum Gasteiger partial charge on any atom is 0.344 e. The lowest BCUT2D eigenvalue weighted by Gasteiger charge is -2.63. The molecule has 1 spiro atoms. The lowest BCUT2D eigenvalue weighted by Crippen LogP contribution is -2.81. The molecule has 11 heteroatoms. The third-order valence-corrected chi connectivity index (χ3v) is 15.4. The van der Waals surface area contributed by atoms with E-state index in [2.05, 4.69) is 82.1 Å². The zero-order valence-corrected chi connectivity index (χ0v) is 32.9. The van der Waals surface area contributed by atoms with E-state index >= 15 is 0 Å². The molecule has 2 N–H and O–H groups in total. The first-order valence-corrected chi connectivity index (χ1v) is 20.4. The van der Waals surface area contributed by atoms with Crippen LogP contribution in [-0.2, 0) is 35.6 Å². The Morgan fingerprint density at radius 2 is 1.91 bits per heavy atom. The van der Waals surface area contributed by atoms with Gasteiger partial charge in [-0.3, -0.25) is 14.6 Å². The molecular formula is C44H54N4O7. The maximum atomic E-state index is 14.3. The Hall–Kier alpha value is -3.90. The Bertz CT molecular complexity index is 2130. The second-order valence-corrected chi connectivity index (χ2v) is 17.5. The van der Waals surface area contributed by atoms with Gasteiger partial charge in [-0.25, -0.2) is 4.79 Å². The fourth-order valence-electron chi connectivity index (χ4n) is 13.3. The number of hydrogen-bond acceptors (Lipinski definition) is 10. The first-order chi connectivity index (χ1) is 26.5. The van der Waals surface area contributed by atoms with E-state index in [0.717, 1.165) is 86.5 Å². The summed E-state index contributed by atoms with van der Waals surface area (Å²) in [4.78, 5) is 38.3. The largest absolute Gasteiger partial charge is 0.496 e. The number of likely N-dealkylation sites (N-methyl/N-ethyl adjacent to an activating group) is 1. The number of piperidine rings is 1. The Morgan fingerprint density at radius 1 is 1.09 bits per heavy atom. The highest BCUT2D eigenvalue weighted by molar-refractivity contribution is 5.88. The van der Waals surface area contributed by atoms with Crippen LogP contribution in [0.3, 0.4) is 0 Å². The number of fused-ring (bicyclic) bond motifs is 8. The molecule has 0 amide bonds. The standard InChI is InChI=1S/C44H54N4O7/c1-7-41-15-11-17-48-19-16-43(37(41)48)31-21-29(34(52-5)22-33(31)46(4)38(43)44(51,40(50)53-6)39(41)54-25(3)49)30-20-26-23-47(24-42(8-2)36(26)55-42)18-14-28-27-12-9-10-13-32(27)45-35(28)30/h9-13,15,21-22,26,30,36-39,45,51H,7-8,14,16-20,23-24H2,1-6H3/t26-,30+,36?,37-,38+,39+,41+,42?,43+,44-/m0/s1. The first kappa shape index (κ1) is 35.5. The molecule has 6 aliphatic heterocycles. The number of methoxy groups -OCH3 is 2. The summed E-state index contributed by atoms with van der Waals surface area (Å²) in [6.07, 6.45) is 7.41. The lowest BCUT2D eigenvalue weighted by molar-refractivity contribution is -0.228. The van der Waals surface area contributed by atoms with Gasteiger partial charge in [0, 0.05) is 103 Å². The number of aromatic amines is 1. The molecule has 2 aromatic carbocycles. The van der Waals surface area contributed by atoms with Crippen LogP contribution in [0, 0.1) is 11.3 Å². The summed E-state index contributed by atoms with van der Waals surface area (Å²) < 4.78 is 24.7. The number of aromatic nitrogens is 1. The van der Waals surface area contributed by atoms with E-state index in [1.54, 1.807) is 7.11 Å². The molecule has 11 atom stereocenters. The minimum absolute atomic E-state index is 0.0261. The van der Waals surface area contributed by atoms with E-state index in [1.807, 2.05) is 7.05 Å². The summed E-state index contributed by atoms with van der Waals surface area (Å²) in [7, 11) is 5.01. The number of carbonyl (C=O) groups is 2. The number of H-pyrrole nitrogens is 1. The van der Waals surface area contributed by atoms with Crippen molar-refractivity contribution in [1.82, 2.24) is 14.8 Å². The molecule has 11 nitrogen and oxygen atoms in total. The van der Waals surface area contributed by atoms with Gasteiger partial charge in [-0.2, -0.15) is 0 Å². The minimum Gasteiger partial charge on any atom is -0.496 e. The molecule has 1 aromatic heterocycles. The van der Waals surface area contributed by atoms with Crippen molar-refractivity contribution in [2.45, 2.75) is 99.7 Å². The third-order valence-electron chi connectivity index (χ3n) is 15.4. The van der Waals surface area contributed by atoms with Crippen LogP contribution >= 0.6 is 0 Å². The summed E-state index contributed by atoms with van der Waals surface area (Å²) in [6, 6.07) is 12.2. The summed E-state index contributed by atoms with van der Waals surface area (Å²) >= 11 is 0. The van der Waals surface area contributed by atoms with E-state index < -0.39 is 40.5 Å². The number of nitrogens with one attached hydrogen (secondary N) is 1. The summed E-state index contributed by atoms with van der Waals surface area (Å²) in [5.41, 5.74) is 3.05. The Labute approximate surface area is 322 Å². The van der Waals surface area contributed by atoms with Crippen LogP contribution in [-0.4, -0.2) is 121 Å². The zero-order valence-electron chi connectivity index (χ0n) is 32.9. The number of esters is 2. The molecule has 1 saturated carbocycles. The Kier molecular flexibility index (Phi) is 7.78. The van der Waals surface area contributed by atoms with Crippen molar-refractivity contribution in [2.24, 2.45) is 11.3 Å². The average molecular weight is 751 g/mol. The zero-order chi connectivity index (χ0) is 38.2. The predicted molar refractivity (Wildman–Crippen MR) is 208 cm³/mol. The fraction of sp³-hybridized carbons (Fsp3) is 0.591. The van der Waals surface area contributed by atoms with Crippen molar-refractivity contribution in [3.8, 4) is 5.75 Å². The molecule has 55 heavy (non-hydrogen) atoms. The molecule has 7 heterocycles. The molecule has 10 rings (SSSR count). The summed E-state index contributed by atoms with van der Waals surface area (Å²) in [5.74, 6) is -0.242. The lowest BCUT2D eigenvalue weighted by atomic mass is 9.47. The number of hydrogen-bond donors (Lipinski definition) is 2. The normalized spacial score (nSPS) is 39.5. The van der Waals surface area contributed by atoms with Gasteiger partial charge in [-0.1, -0.05) is 44.2 Å². The molecule has 2 bridgehead atoms. The average Bonchev–Trinajstić information content (AvgIpc) is 3.48. The van der Waals surface area contributed by atoms with Gasteiger partial charge >= 0.3 is 11.9 Å². The van der Waals surface area contributed by atoms with Gasteiger partial charge < -0.3 is 33.9 Å². The van der Waals surface area contributed by atoms with Crippen LogP contribution in [0.4, 0.5) is 5.69 Å². The number of anilines is 1. The van der Waals surface area contributed by atoms with Gasteiger partial charge in [0.1, 0.15) is 11.4 Å². The SMILES string of the molecule is CCC12CN3CCc4c([nH]c5ccccc45)[C@@H](c4cc5c(cc4OC)N(C)[C@H]4[C@@](O)(C(=O)OC)[C@H](OC(C)=O)[C@]6(CC)C=CCN7CC[C@]54[C@@H]76)C[C@@H](C3)C1O2. The van der Waals surface area contributed by atoms with Crippen LogP contribution < -0.4 is 9.64 Å². The van der Waals surface area contributed by atoms with Crippen molar-refractivity contribution in [3.05, 3.63) is 70.9 Å². The number of benzene rings is 2. The highest BCUT2D eigenvalue weighted by Gasteiger charge is 2.80. The van der Waals surface area contributed by atoms with Gasteiger partial charge in [0.2, 0.25) is 5.60 Å². The van der Waals surface area contributed by atoms with Gasteiger partial charge in [0.25, 0.3) is 0 Å². The quantitative estimate of drug-likeness (QED) is 0.209. The molecule has 3 unspecified atom stereocenters. The second-order valence-electron chi connectivity index (χ2n) is 17.5. The van der Waals surface area contributed by atoms with Crippen LogP contribution in [0.5, 0.6) is 5.75 Å². The highest BCUT2D eigenvalue weighted by Crippen LogP contribution is 2.68. The van der Waals surface area contributed by atoms with Crippen LogP contribution in [0.25, 0.3) is 10.9 Å². The molecular weight excluding hydrogens is 697 g/mol. The van der Waals surface area contributed by atoms with Crippen molar-refractivity contribution >= 4 is 28.5 Å². The fourth-order valence-corrected chi connectivity index (χ4v) is 13.3. The summed E-state index contributed by atoms with van der Waals surface area (Å²) in [5, 5.41) is 14.5. The van der Waals surface area contributed by atoms with Crippen molar-refractivity contribution in [3.63, 3.8) is 0 Å². The number of nitrogens with zero attached hydrogens (tertiary/aromatic N) is 3. The first-order valence-electron chi connectivity index (χ1n) is 20.4. The van der Waals surface area contributed by atoms with Crippen molar-refractivity contribution < 1.29 is 33.6 Å².